The van der Waals surface area contributed by atoms with Crippen molar-refractivity contribution < 1.29 is 4.74 Å². The number of benzene rings is 1. The molecule has 1 aromatic heterocycles. The predicted molar refractivity (Wildman–Crippen MR) is 75.9 cm³/mol. The molecule has 0 spiro atoms. The second kappa shape index (κ2) is 6.52. The number of nitrogens with zero attached hydrogens (tertiary/aromatic N) is 1. The van der Waals surface area contributed by atoms with Crippen LogP contribution in [-0.4, -0.2) is 18.2 Å². The van der Waals surface area contributed by atoms with Crippen molar-refractivity contribution in [2.75, 3.05) is 18.9 Å². The van der Waals surface area contributed by atoms with Crippen LogP contribution in [0.5, 0.6) is 0 Å². The normalized spacial score (nSPS) is 10.7. The fourth-order valence-electron chi connectivity index (χ4n) is 1.78. The lowest BCUT2D eigenvalue weighted by molar-refractivity contribution is 0.141. The summed E-state index contributed by atoms with van der Waals surface area (Å²) in [5, 5.41) is 0. The molecule has 0 atom stereocenters. The van der Waals surface area contributed by atoms with Crippen LogP contribution in [0.3, 0.4) is 0 Å². The minimum atomic E-state index is 0.714. The predicted octanol–water partition coefficient (Wildman–Crippen LogP) is 2.84. The standard InChI is InChI=1S/C14H18N2OS/c1-11-14(18-10-16-11)7-9-17-8-6-12-4-2-3-5-13(12)15/h2-5,10H,6-9,15H2,1H3. The van der Waals surface area contributed by atoms with Crippen LogP contribution in [0.25, 0.3) is 0 Å². The van der Waals surface area contributed by atoms with E-state index < -0.39 is 0 Å². The summed E-state index contributed by atoms with van der Waals surface area (Å²) >= 11 is 1.70. The van der Waals surface area contributed by atoms with Crippen molar-refractivity contribution in [3.63, 3.8) is 0 Å². The second-order valence-corrected chi connectivity index (χ2v) is 5.11. The third-order valence-corrected chi connectivity index (χ3v) is 3.88. The van der Waals surface area contributed by atoms with Gasteiger partial charge >= 0.3 is 0 Å². The number of rotatable bonds is 6. The maximum atomic E-state index is 5.87. The lowest BCUT2D eigenvalue weighted by Crippen LogP contribution is -2.04. The Balaban J connectivity index is 1.68. The molecule has 0 aliphatic heterocycles. The molecule has 0 aliphatic rings. The SMILES string of the molecule is Cc1ncsc1CCOCCc1ccccc1N. The van der Waals surface area contributed by atoms with Crippen molar-refractivity contribution in [1.29, 1.82) is 0 Å². The number of ether oxygens (including phenoxy) is 1. The van der Waals surface area contributed by atoms with E-state index in [1.54, 1.807) is 11.3 Å². The van der Waals surface area contributed by atoms with E-state index in [2.05, 4.69) is 4.98 Å². The Morgan fingerprint density at radius 1 is 1.22 bits per heavy atom. The average Bonchev–Trinajstić information content (AvgIpc) is 2.77. The van der Waals surface area contributed by atoms with Crippen LogP contribution in [0, 0.1) is 6.92 Å². The summed E-state index contributed by atoms with van der Waals surface area (Å²) < 4.78 is 5.64. The van der Waals surface area contributed by atoms with Crippen LogP contribution in [-0.2, 0) is 17.6 Å². The molecule has 2 N–H and O–H groups in total. The van der Waals surface area contributed by atoms with Crippen LogP contribution in [0.2, 0.25) is 0 Å². The molecular weight excluding hydrogens is 244 g/mol. The molecule has 0 radical (unpaired) electrons. The first-order valence-corrected chi connectivity index (χ1v) is 6.95. The highest BCUT2D eigenvalue weighted by Crippen LogP contribution is 2.13. The van der Waals surface area contributed by atoms with Gasteiger partial charge in [0.15, 0.2) is 0 Å². The molecule has 0 aliphatic carbocycles. The first-order chi connectivity index (χ1) is 8.77. The number of nitrogens with two attached hydrogens (primary N) is 1. The largest absolute Gasteiger partial charge is 0.399 e. The molecule has 0 saturated carbocycles. The second-order valence-electron chi connectivity index (χ2n) is 4.17. The van der Waals surface area contributed by atoms with Gasteiger partial charge in [-0.3, -0.25) is 0 Å². The van der Waals surface area contributed by atoms with Gasteiger partial charge in [0, 0.05) is 17.0 Å². The Morgan fingerprint density at radius 2 is 2.00 bits per heavy atom. The van der Waals surface area contributed by atoms with E-state index in [0.717, 1.165) is 36.4 Å². The van der Waals surface area contributed by atoms with Gasteiger partial charge < -0.3 is 10.5 Å². The highest BCUT2D eigenvalue weighted by atomic mass is 32.1. The van der Waals surface area contributed by atoms with Crippen molar-refractivity contribution in [3.8, 4) is 0 Å². The summed E-state index contributed by atoms with van der Waals surface area (Å²) in [5.41, 5.74) is 10.9. The van der Waals surface area contributed by atoms with Crippen LogP contribution in [0.1, 0.15) is 16.1 Å². The van der Waals surface area contributed by atoms with Gasteiger partial charge in [0.2, 0.25) is 0 Å². The third-order valence-electron chi connectivity index (χ3n) is 2.89. The fourth-order valence-corrected chi connectivity index (χ4v) is 2.54. The van der Waals surface area contributed by atoms with E-state index in [-0.39, 0.29) is 0 Å². The van der Waals surface area contributed by atoms with E-state index >= 15 is 0 Å². The van der Waals surface area contributed by atoms with Gasteiger partial charge in [0.25, 0.3) is 0 Å². The number of nitrogen functional groups attached to an aromatic ring is 1. The summed E-state index contributed by atoms with van der Waals surface area (Å²) in [5.74, 6) is 0. The van der Waals surface area contributed by atoms with Crippen LogP contribution < -0.4 is 5.73 Å². The molecule has 18 heavy (non-hydrogen) atoms. The highest BCUT2D eigenvalue weighted by Gasteiger charge is 2.01. The van der Waals surface area contributed by atoms with Gasteiger partial charge in [-0.15, -0.1) is 11.3 Å². The Morgan fingerprint density at radius 3 is 2.72 bits per heavy atom. The number of hydrogen-bond acceptors (Lipinski definition) is 4. The number of thiazole rings is 1. The topological polar surface area (TPSA) is 48.1 Å². The smallest absolute Gasteiger partial charge is 0.0797 e. The number of aryl methyl sites for hydroxylation is 1. The zero-order valence-corrected chi connectivity index (χ0v) is 11.4. The Labute approximate surface area is 112 Å². The minimum Gasteiger partial charge on any atom is -0.399 e. The molecule has 3 nitrogen and oxygen atoms in total. The molecule has 1 aromatic carbocycles. The van der Waals surface area contributed by atoms with Crippen molar-refractivity contribution in [2.24, 2.45) is 0 Å². The zero-order chi connectivity index (χ0) is 12.8. The molecule has 4 heteroatoms. The minimum absolute atomic E-state index is 0.714. The van der Waals surface area contributed by atoms with Gasteiger partial charge in [-0.25, -0.2) is 4.98 Å². The molecular formula is C14H18N2OS. The number of anilines is 1. The Bertz CT molecular complexity index is 496. The van der Waals surface area contributed by atoms with E-state index in [0.29, 0.717) is 6.61 Å². The van der Waals surface area contributed by atoms with Crippen molar-refractivity contribution in [2.45, 2.75) is 19.8 Å². The molecule has 0 unspecified atom stereocenters. The summed E-state index contributed by atoms with van der Waals surface area (Å²) in [6.07, 6.45) is 1.81. The molecule has 0 saturated heterocycles. The van der Waals surface area contributed by atoms with Gasteiger partial charge in [-0.05, 0) is 25.0 Å². The van der Waals surface area contributed by atoms with E-state index in [1.165, 1.54) is 4.88 Å². The average molecular weight is 262 g/mol. The Kier molecular flexibility index (Phi) is 4.73. The number of para-hydroxylation sites is 1. The van der Waals surface area contributed by atoms with E-state index in [1.807, 2.05) is 36.7 Å². The van der Waals surface area contributed by atoms with Gasteiger partial charge in [0.1, 0.15) is 0 Å². The van der Waals surface area contributed by atoms with Crippen molar-refractivity contribution in [1.82, 2.24) is 4.98 Å². The molecule has 96 valence electrons. The maximum Gasteiger partial charge on any atom is 0.0797 e. The van der Waals surface area contributed by atoms with Crippen molar-refractivity contribution in [3.05, 3.63) is 45.9 Å². The molecule has 2 rings (SSSR count). The van der Waals surface area contributed by atoms with Gasteiger partial charge in [-0.1, -0.05) is 18.2 Å². The first-order valence-electron chi connectivity index (χ1n) is 6.07. The van der Waals surface area contributed by atoms with Gasteiger partial charge in [-0.2, -0.15) is 0 Å². The maximum absolute atomic E-state index is 5.87. The number of aromatic nitrogens is 1. The van der Waals surface area contributed by atoms with Crippen molar-refractivity contribution >= 4 is 17.0 Å². The molecule has 1 heterocycles. The van der Waals surface area contributed by atoms with E-state index in [9.17, 15) is 0 Å². The molecule has 0 bridgehead atoms. The summed E-state index contributed by atoms with van der Waals surface area (Å²) in [6.45, 7) is 3.50. The van der Waals surface area contributed by atoms with Crippen LogP contribution in [0.15, 0.2) is 29.8 Å². The highest BCUT2D eigenvalue weighted by molar-refractivity contribution is 7.09. The number of hydrogen-bond donors (Lipinski definition) is 1. The molecule has 0 fully saturated rings. The lowest BCUT2D eigenvalue weighted by Gasteiger charge is -2.06. The molecule has 2 aromatic rings. The Hall–Kier alpha value is -1.39. The monoisotopic (exact) mass is 262 g/mol. The summed E-state index contributed by atoms with van der Waals surface area (Å²) in [4.78, 5) is 5.54. The van der Waals surface area contributed by atoms with Crippen LogP contribution >= 0.6 is 11.3 Å². The first kappa shape index (κ1) is 13.1. The third kappa shape index (κ3) is 3.55. The molecule has 0 amide bonds. The van der Waals surface area contributed by atoms with Crippen LogP contribution in [0.4, 0.5) is 5.69 Å². The lowest BCUT2D eigenvalue weighted by atomic mass is 10.1. The fraction of sp³-hybridized carbons (Fsp3) is 0.357. The summed E-state index contributed by atoms with van der Waals surface area (Å²) in [6, 6.07) is 7.93. The zero-order valence-electron chi connectivity index (χ0n) is 10.6. The van der Waals surface area contributed by atoms with Gasteiger partial charge in [0.05, 0.1) is 24.4 Å². The van der Waals surface area contributed by atoms with E-state index in [4.69, 9.17) is 10.5 Å². The quantitative estimate of drug-likeness (QED) is 0.643. The summed E-state index contributed by atoms with van der Waals surface area (Å²) in [7, 11) is 0.